The van der Waals surface area contributed by atoms with Gasteiger partial charge in [-0.15, -0.1) is 0 Å². The molecule has 0 aliphatic heterocycles. The van der Waals surface area contributed by atoms with Crippen molar-refractivity contribution in [2.24, 2.45) is 5.92 Å². The zero-order chi connectivity index (χ0) is 14.5. The van der Waals surface area contributed by atoms with Crippen molar-refractivity contribution in [3.05, 3.63) is 27.2 Å². The predicted molar refractivity (Wildman–Crippen MR) is 88.8 cm³/mol. The number of aryl methyl sites for hydroxylation is 1. The number of halogens is 2. The van der Waals surface area contributed by atoms with Gasteiger partial charge in [-0.2, -0.15) is 0 Å². The molecule has 2 atom stereocenters. The zero-order valence-corrected chi connectivity index (χ0v) is 14.6. The summed E-state index contributed by atoms with van der Waals surface area (Å²) in [7, 11) is 0. The van der Waals surface area contributed by atoms with E-state index in [0.717, 1.165) is 28.2 Å². The number of nitrogens with one attached hydrogen (secondary N) is 1. The van der Waals surface area contributed by atoms with Crippen molar-refractivity contribution in [1.82, 2.24) is 5.32 Å². The molecule has 4 heteroatoms. The van der Waals surface area contributed by atoms with E-state index in [9.17, 15) is 0 Å². The first-order chi connectivity index (χ1) is 9.56. The normalized spacial score (nSPS) is 22.8. The Balaban J connectivity index is 1.76. The molecule has 0 bridgehead atoms. The summed E-state index contributed by atoms with van der Waals surface area (Å²) in [6.45, 7) is 5.90. The fraction of sp³-hybridized carbons (Fsp3) is 0.625. The minimum Gasteiger partial charge on any atom is -0.490 e. The number of benzene rings is 1. The third kappa shape index (κ3) is 4.64. The molecule has 1 aromatic carbocycles. The Kier molecular flexibility index (Phi) is 6.19. The minimum absolute atomic E-state index is 0.656. The molecule has 0 spiro atoms. The minimum atomic E-state index is 0.656. The maximum atomic E-state index is 6.21. The SMILES string of the molecule is Cc1cc(Br)cc(Cl)c1OCCNC1CCCC(C)C1. The van der Waals surface area contributed by atoms with Gasteiger partial charge in [0.2, 0.25) is 0 Å². The van der Waals surface area contributed by atoms with E-state index in [2.05, 4.69) is 28.2 Å². The van der Waals surface area contributed by atoms with Crippen molar-refractivity contribution in [2.45, 2.75) is 45.6 Å². The molecule has 1 fully saturated rings. The largest absolute Gasteiger partial charge is 0.490 e. The van der Waals surface area contributed by atoms with Crippen molar-refractivity contribution >= 4 is 27.5 Å². The van der Waals surface area contributed by atoms with Crippen LogP contribution >= 0.6 is 27.5 Å². The van der Waals surface area contributed by atoms with Crippen LogP contribution in [0, 0.1) is 12.8 Å². The van der Waals surface area contributed by atoms with Crippen LogP contribution < -0.4 is 10.1 Å². The van der Waals surface area contributed by atoms with Crippen LogP contribution in [0.2, 0.25) is 5.02 Å². The molecule has 1 aromatic rings. The molecule has 0 aromatic heterocycles. The van der Waals surface area contributed by atoms with Gasteiger partial charge < -0.3 is 10.1 Å². The van der Waals surface area contributed by atoms with Gasteiger partial charge in [-0.1, -0.05) is 47.3 Å². The van der Waals surface area contributed by atoms with E-state index in [1.54, 1.807) is 0 Å². The molecule has 0 heterocycles. The van der Waals surface area contributed by atoms with Crippen molar-refractivity contribution in [3.63, 3.8) is 0 Å². The van der Waals surface area contributed by atoms with Crippen molar-refractivity contribution < 1.29 is 4.74 Å². The first kappa shape index (κ1) is 16.1. The van der Waals surface area contributed by atoms with Crippen LogP contribution in [0.5, 0.6) is 5.75 Å². The Morgan fingerprint density at radius 1 is 1.40 bits per heavy atom. The van der Waals surface area contributed by atoms with E-state index in [1.165, 1.54) is 25.7 Å². The maximum absolute atomic E-state index is 6.21. The van der Waals surface area contributed by atoms with E-state index < -0.39 is 0 Å². The highest BCUT2D eigenvalue weighted by molar-refractivity contribution is 9.10. The second-order valence-corrected chi connectivity index (χ2v) is 7.13. The van der Waals surface area contributed by atoms with Gasteiger partial charge in [0.15, 0.2) is 0 Å². The summed E-state index contributed by atoms with van der Waals surface area (Å²) in [6.07, 6.45) is 5.31. The van der Waals surface area contributed by atoms with E-state index in [4.69, 9.17) is 16.3 Å². The second-order valence-electron chi connectivity index (χ2n) is 5.80. The molecule has 1 aliphatic rings. The molecular formula is C16H23BrClNO. The third-order valence-corrected chi connectivity index (χ3v) is 4.65. The van der Waals surface area contributed by atoms with Gasteiger partial charge in [-0.05, 0) is 43.4 Å². The molecule has 0 saturated heterocycles. The summed E-state index contributed by atoms with van der Waals surface area (Å²) in [6, 6.07) is 4.56. The lowest BCUT2D eigenvalue weighted by Crippen LogP contribution is -2.36. The highest BCUT2D eigenvalue weighted by atomic mass is 79.9. The first-order valence-electron chi connectivity index (χ1n) is 7.38. The number of rotatable bonds is 5. The van der Waals surface area contributed by atoms with E-state index in [-0.39, 0.29) is 0 Å². The maximum Gasteiger partial charge on any atom is 0.140 e. The van der Waals surface area contributed by atoms with Crippen molar-refractivity contribution in [1.29, 1.82) is 0 Å². The van der Waals surface area contributed by atoms with Gasteiger partial charge in [-0.3, -0.25) is 0 Å². The molecule has 2 rings (SSSR count). The molecule has 112 valence electrons. The monoisotopic (exact) mass is 359 g/mol. The first-order valence-corrected chi connectivity index (χ1v) is 8.55. The smallest absolute Gasteiger partial charge is 0.140 e. The van der Waals surface area contributed by atoms with Crippen LogP contribution in [0.4, 0.5) is 0 Å². The number of hydrogen-bond acceptors (Lipinski definition) is 2. The van der Waals surface area contributed by atoms with Crippen molar-refractivity contribution in [3.8, 4) is 5.75 Å². The van der Waals surface area contributed by atoms with Gasteiger partial charge in [0.05, 0.1) is 5.02 Å². The summed E-state index contributed by atoms with van der Waals surface area (Å²) < 4.78 is 6.81. The van der Waals surface area contributed by atoms with Crippen LogP contribution in [0.1, 0.15) is 38.2 Å². The molecule has 1 saturated carbocycles. The van der Waals surface area contributed by atoms with Crippen LogP contribution in [0.3, 0.4) is 0 Å². The van der Waals surface area contributed by atoms with Crippen LogP contribution in [0.15, 0.2) is 16.6 Å². The Morgan fingerprint density at radius 2 is 2.20 bits per heavy atom. The quantitative estimate of drug-likeness (QED) is 0.749. The van der Waals surface area contributed by atoms with Crippen molar-refractivity contribution in [2.75, 3.05) is 13.2 Å². The lowest BCUT2D eigenvalue weighted by Gasteiger charge is -2.27. The fourth-order valence-corrected chi connectivity index (χ4v) is 3.93. The highest BCUT2D eigenvalue weighted by Gasteiger charge is 2.18. The molecule has 2 nitrogen and oxygen atoms in total. The number of ether oxygens (including phenoxy) is 1. The summed E-state index contributed by atoms with van der Waals surface area (Å²) in [4.78, 5) is 0. The molecule has 0 radical (unpaired) electrons. The van der Waals surface area contributed by atoms with Gasteiger partial charge in [0.1, 0.15) is 12.4 Å². The van der Waals surface area contributed by atoms with Gasteiger partial charge >= 0.3 is 0 Å². The Bertz CT molecular complexity index is 429. The molecule has 2 unspecified atom stereocenters. The molecule has 1 aliphatic carbocycles. The average Bonchev–Trinajstić information content (AvgIpc) is 2.36. The number of hydrogen-bond donors (Lipinski definition) is 1. The Morgan fingerprint density at radius 3 is 2.90 bits per heavy atom. The average molecular weight is 361 g/mol. The summed E-state index contributed by atoms with van der Waals surface area (Å²) in [5, 5.41) is 4.26. The standard InChI is InChI=1S/C16H23BrClNO/c1-11-4-3-5-14(8-11)19-6-7-20-16-12(2)9-13(17)10-15(16)18/h9-11,14,19H,3-8H2,1-2H3. The van der Waals surface area contributed by atoms with E-state index >= 15 is 0 Å². The lowest BCUT2D eigenvalue weighted by atomic mass is 9.87. The Labute approximate surface area is 135 Å². The summed E-state index contributed by atoms with van der Waals surface area (Å²) in [5.74, 6) is 1.65. The Hall–Kier alpha value is -0.250. The van der Waals surface area contributed by atoms with Crippen LogP contribution in [0.25, 0.3) is 0 Å². The molecule has 0 amide bonds. The summed E-state index contributed by atoms with van der Waals surface area (Å²) >= 11 is 9.64. The summed E-state index contributed by atoms with van der Waals surface area (Å²) in [5.41, 5.74) is 1.07. The van der Waals surface area contributed by atoms with Crippen LogP contribution in [-0.2, 0) is 0 Å². The van der Waals surface area contributed by atoms with Crippen LogP contribution in [-0.4, -0.2) is 19.2 Å². The van der Waals surface area contributed by atoms with E-state index in [0.29, 0.717) is 17.7 Å². The van der Waals surface area contributed by atoms with Gasteiger partial charge in [0, 0.05) is 17.1 Å². The predicted octanol–water partition coefficient (Wildman–Crippen LogP) is 4.96. The molecule has 1 N–H and O–H groups in total. The molecule has 20 heavy (non-hydrogen) atoms. The highest BCUT2D eigenvalue weighted by Crippen LogP contribution is 2.31. The van der Waals surface area contributed by atoms with E-state index in [1.807, 2.05) is 19.1 Å². The van der Waals surface area contributed by atoms with Gasteiger partial charge in [0.25, 0.3) is 0 Å². The molecular weight excluding hydrogens is 338 g/mol. The third-order valence-electron chi connectivity index (χ3n) is 3.91. The lowest BCUT2D eigenvalue weighted by molar-refractivity contribution is 0.265. The second kappa shape index (κ2) is 7.67. The zero-order valence-electron chi connectivity index (χ0n) is 12.2. The fourth-order valence-electron chi connectivity index (χ4n) is 2.91. The topological polar surface area (TPSA) is 21.3 Å². The van der Waals surface area contributed by atoms with Gasteiger partial charge in [-0.25, -0.2) is 0 Å².